The molecule has 0 N–H and O–H groups in total. The Balaban J connectivity index is 2.01. The van der Waals surface area contributed by atoms with Gasteiger partial charge in [-0.15, -0.1) is 0 Å². The molecule has 3 nitrogen and oxygen atoms in total. The summed E-state index contributed by atoms with van der Waals surface area (Å²) in [6.07, 6.45) is 2.49. The van der Waals surface area contributed by atoms with Crippen LogP contribution in [0.25, 0.3) is 0 Å². The topological polar surface area (TPSA) is 35.5 Å². The van der Waals surface area contributed by atoms with E-state index in [1.54, 1.807) is 30.3 Å². The van der Waals surface area contributed by atoms with Gasteiger partial charge in [-0.3, -0.25) is 4.79 Å². The second-order valence-electron chi connectivity index (χ2n) is 3.86. The summed E-state index contributed by atoms with van der Waals surface area (Å²) in [5.41, 5.74) is 0.625. The lowest BCUT2D eigenvalue weighted by Gasteiger charge is -2.07. The smallest absolute Gasteiger partial charge is 0.150 e. The Hall–Kier alpha value is -2.55. The average molecular weight is 254 g/mol. The lowest BCUT2D eigenvalue weighted by Crippen LogP contribution is -1.92. The third-order valence-corrected chi connectivity index (χ3v) is 2.44. The largest absolute Gasteiger partial charge is 0.490 e. The number of hydrogen-bond acceptors (Lipinski definition) is 3. The van der Waals surface area contributed by atoms with Gasteiger partial charge in [-0.2, -0.15) is 0 Å². The summed E-state index contributed by atoms with van der Waals surface area (Å²) in [4.78, 5) is 10.5. The summed E-state index contributed by atoms with van der Waals surface area (Å²) in [7, 11) is 0. The quantitative estimate of drug-likeness (QED) is 0.580. The minimum absolute atomic E-state index is 0.480. The van der Waals surface area contributed by atoms with E-state index in [9.17, 15) is 4.79 Å². The van der Waals surface area contributed by atoms with Crippen LogP contribution in [0.3, 0.4) is 0 Å². The maximum atomic E-state index is 10.5. The summed E-state index contributed by atoms with van der Waals surface area (Å²) in [6.45, 7) is 4.07. The van der Waals surface area contributed by atoms with Gasteiger partial charge in [0.1, 0.15) is 30.1 Å². The Morgan fingerprint density at radius 1 is 0.895 bits per heavy atom. The first-order valence-electron chi connectivity index (χ1n) is 5.88. The van der Waals surface area contributed by atoms with Crippen molar-refractivity contribution in [3.63, 3.8) is 0 Å². The predicted octanol–water partition coefficient (Wildman–Crippen LogP) is 3.86. The molecule has 2 aromatic rings. The third kappa shape index (κ3) is 3.71. The van der Waals surface area contributed by atoms with Crippen LogP contribution in [-0.2, 0) is 0 Å². The van der Waals surface area contributed by atoms with Gasteiger partial charge >= 0.3 is 0 Å². The fourth-order valence-electron chi connectivity index (χ4n) is 1.51. The summed E-state index contributed by atoms with van der Waals surface area (Å²) in [6, 6.07) is 14.3. The van der Waals surface area contributed by atoms with Crippen LogP contribution in [0.5, 0.6) is 17.2 Å². The minimum atomic E-state index is 0.480. The van der Waals surface area contributed by atoms with Crippen molar-refractivity contribution < 1.29 is 14.3 Å². The first-order valence-corrected chi connectivity index (χ1v) is 5.88. The van der Waals surface area contributed by atoms with E-state index in [0.717, 1.165) is 12.0 Å². The van der Waals surface area contributed by atoms with Crippen LogP contribution in [0.15, 0.2) is 61.2 Å². The molecule has 0 aliphatic rings. The Morgan fingerprint density at radius 2 is 1.42 bits per heavy atom. The van der Waals surface area contributed by atoms with E-state index in [1.807, 2.05) is 24.3 Å². The Labute approximate surface area is 112 Å². The molecule has 0 amide bonds. The van der Waals surface area contributed by atoms with Crippen LogP contribution >= 0.6 is 0 Å². The van der Waals surface area contributed by atoms with Crippen molar-refractivity contribution in [2.24, 2.45) is 0 Å². The number of ether oxygens (including phenoxy) is 2. The highest BCUT2D eigenvalue weighted by atomic mass is 16.5. The molecule has 0 saturated heterocycles. The molecule has 96 valence electrons. The van der Waals surface area contributed by atoms with Crippen LogP contribution in [0.2, 0.25) is 0 Å². The zero-order valence-electron chi connectivity index (χ0n) is 10.4. The van der Waals surface area contributed by atoms with Crippen molar-refractivity contribution >= 4 is 6.29 Å². The van der Waals surface area contributed by atoms with Crippen molar-refractivity contribution in [3.8, 4) is 17.2 Å². The molecule has 0 fully saturated rings. The maximum Gasteiger partial charge on any atom is 0.150 e. The molecule has 0 aromatic heterocycles. The SMILES string of the molecule is C=CCOc1ccc(Oc2ccc(C=O)cc2)cc1. The molecule has 2 rings (SSSR count). The van der Waals surface area contributed by atoms with Gasteiger partial charge in [0.2, 0.25) is 0 Å². The lowest BCUT2D eigenvalue weighted by atomic mass is 10.2. The van der Waals surface area contributed by atoms with E-state index in [-0.39, 0.29) is 0 Å². The van der Waals surface area contributed by atoms with Gasteiger partial charge in [0.15, 0.2) is 0 Å². The molecule has 0 bridgehead atoms. The summed E-state index contributed by atoms with van der Waals surface area (Å²) in [5, 5.41) is 0. The van der Waals surface area contributed by atoms with E-state index >= 15 is 0 Å². The normalized spacial score (nSPS) is 9.68. The Bertz CT molecular complexity index is 541. The Kier molecular flexibility index (Phi) is 4.34. The highest BCUT2D eigenvalue weighted by Gasteiger charge is 1.98. The Morgan fingerprint density at radius 3 is 1.95 bits per heavy atom. The molecule has 2 aromatic carbocycles. The summed E-state index contributed by atoms with van der Waals surface area (Å²) >= 11 is 0. The standard InChI is InChI=1S/C16H14O3/c1-2-11-18-14-7-9-16(10-8-14)19-15-5-3-13(12-17)4-6-15/h2-10,12H,1,11H2. The maximum absolute atomic E-state index is 10.5. The van der Waals surface area contributed by atoms with Crippen molar-refractivity contribution in [2.75, 3.05) is 6.61 Å². The van der Waals surface area contributed by atoms with E-state index in [2.05, 4.69) is 6.58 Å². The second kappa shape index (κ2) is 6.40. The molecule has 0 aliphatic heterocycles. The average Bonchev–Trinajstić information content (AvgIpc) is 2.47. The van der Waals surface area contributed by atoms with E-state index in [0.29, 0.717) is 23.7 Å². The molecule has 3 heteroatoms. The van der Waals surface area contributed by atoms with E-state index in [1.165, 1.54) is 0 Å². The fraction of sp³-hybridized carbons (Fsp3) is 0.0625. The van der Waals surface area contributed by atoms with Crippen LogP contribution in [0, 0.1) is 0 Å². The number of benzene rings is 2. The number of aldehydes is 1. The monoisotopic (exact) mass is 254 g/mol. The summed E-state index contributed by atoms with van der Waals surface area (Å²) in [5.74, 6) is 2.17. The van der Waals surface area contributed by atoms with Gasteiger partial charge in [0, 0.05) is 5.56 Å². The first-order chi connectivity index (χ1) is 9.31. The van der Waals surface area contributed by atoms with Gasteiger partial charge in [-0.1, -0.05) is 12.7 Å². The van der Waals surface area contributed by atoms with Crippen LogP contribution in [0.4, 0.5) is 0 Å². The molecule has 0 aliphatic carbocycles. The highest BCUT2D eigenvalue weighted by molar-refractivity contribution is 5.74. The van der Waals surface area contributed by atoms with Gasteiger partial charge in [-0.25, -0.2) is 0 Å². The molecule has 19 heavy (non-hydrogen) atoms. The van der Waals surface area contributed by atoms with E-state index in [4.69, 9.17) is 9.47 Å². The molecule has 0 radical (unpaired) electrons. The van der Waals surface area contributed by atoms with Crippen molar-refractivity contribution in [2.45, 2.75) is 0 Å². The third-order valence-electron chi connectivity index (χ3n) is 2.44. The van der Waals surface area contributed by atoms with Crippen molar-refractivity contribution in [3.05, 3.63) is 66.7 Å². The van der Waals surface area contributed by atoms with Crippen molar-refractivity contribution in [1.29, 1.82) is 0 Å². The molecule has 0 unspecified atom stereocenters. The predicted molar refractivity (Wildman–Crippen MR) is 74.0 cm³/mol. The first kappa shape index (κ1) is 12.9. The van der Waals surface area contributed by atoms with Crippen LogP contribution in [0.1, 0.15) is 10.4 Å². The molecular weight excluding hydrogens is 240 g/mol. The number of carbonyl (C=O) groups is 1. The molecule has 0 heterocycles. The van der Waals surface area contributed by atoms with E-state index < -0.39 is 0 Å². The zero-order valence-corrected chi connectivity index (χ0v) is 10.4. The fourth-order valence-corrected chi connectivity index (χ4v) is 1.51. The minimum Gasteiger partial charge on any atom is -0.490 e. The summed E-state index contributed by atoms with van der Waals surface area (Å²) < 4.78 is 11.0. The van der Waals surface area contributed by atoms with Gasteiger partial charge < -0.3 is 9.47 Å². The van der Waals surface area contributed by atoms with Gasteiger partial charge in [-0.05, 0) is 48.5 Å². The number of hydrogen-bond donors (Lipinski definition) is 0. The number of carbonyl (C=O) groups excluding carboxylic acids is 1. The highest BCUT2D eigenvalue weighted by Crippen LogP contribution is 2.23. The molecule has 0 spiro atoms. The van der Waals surface area contributed by atoms with Crippen molar-refractivity contribution in [1.82, 2.24) is 0 Å². The molecule has 0 saturated carbocycles. The lowest BCUT2D eigenvalue weighted by molar-refractivity contribution is 0.112. The van der Waals surface area contributed by atoms with Crippen LogP contribution in [-0.4, -0.2) is 12.9 Å². The zero-order chi connectivity index (χ0) is 13.5. The molecular formula is C16H14O3. The van der Waals surface area contributed by atoms with Gasteiger partial charge in [0.25, 0.3) is 0 Å². The number of rotatable bonds is 6. The molecule has 0 atom stereocenters. The second-order valence-corrected chi connectivity index (χ2v) is 3.86. The van der Waals surface area contributed by atoms with Crippen LogP contribution < -0.4 is 9.47 Å². The van der Waals surface area contributed by atoms with Gasteiger partial charge in [0.05, 0.1) is 0 Å².